The molecule has 2 aromatic carbocycles. The molecule has 27 heavy (non-hydrogen) atoms. The maximum absolute atomic E-state index is 12.4. The van der Waals surface area contributed by atoms with Crippen molar-refractivity contribution in [3.63, 3.8) is 0 Å². The van der Waals surface area contributed by atoms with E-state index in [1.807, 2.05) is 50.2 Å². The van der Waals surface area contributed by atoms with Crippen molar-refractivity contribution in [1.82, 2.24) is 0 Å². The van der Waals surface area contributed by atoms with E-state index in [2.05, 4.69) is 5.32 Å². The minimum atomic E-state index is -0.560. The molecule has 0 fully saturated rings. The average molecular weight is 373 g/mol. The highest BCUT2D eigenvalue weighted by atomic mass is 16.6. The van der Waals surface area contributed by atoms with Gasteiger partial charge in [-0.05, 0) is 49.1 Å². The Morgan fingerprint density at radius 2 is 1.85 bits per heavy atom. The van der Waals surface area contributed by atoms with E-state index in [9.17, 15) is 9.90 Å². The zero-order valence-corrected chi connectivity index (χ0v) is 15.7. The van der Waals surface area contributed by atoms with Crippen LogP contribution in [0.3, 0.4) is 0 Å². The molecule has 146 valence electrons. The van der Waals surface area contributed by atoms with Gasteiger partial charge in [0.25, 0.3) is 0 Å². The van der Waals surface area contributed by atoms with Crippen molar-refractivity contribution in [2.75, 3.05) is 25.1 Å². The van der Waals surface area contributed by atoms with E-state index in [4.69, 9.17) is 14.6 Å². The van der Waals surface area contributed by atoms with E-state index in [-0.39, 0.29) is 25.7 Å². The Labute approximate surface area is 159 Å². The number of aliphatic hydroxyl groups excluding tert-OH is 2. The molecule has 0 radical (unpaired) electrons. The Bertz CT molecular complexity index is 717. The van der Waals surface area contributed by atoms with Gasteiger partial charge in [0, 0.05) is 12.3 Å². The van der Waals surface area contributed by atoms with Crippen molar-refractivity contribution in [3.8, 4) is 5.75 Å². The van der Waals surface area contributed by atoms with Gasteiger partial charge in [-0.3, -0.25) is 5.32 Å². The maximum atomic E-state index is 12.4. The molecule has 2 rings (SSSR count). The van der Waals surface area contributed by atoms with E-state index in [0.29, 0.717) is 17.9 Å². The van der Waals surface area contributed by atoms with E-state index >= 15 is 0 Å². The molecule has 2 atom stereocenters. The van der Waals surface area contributed by atoms with Crippen LogP contribution in [0.25, 0.3) is 0 Å². The molecule has 0 bridgehead atoms. The van der Waals surface area contributed by atoms with Crippen molar-refractivity contribution >= 4 is 11.8 Å². The fourth-order valence-corrected chi connectivity index (χ4v) is 2.71. The lowest BCUT2D eigenvalue weighted by Gasteiger charge is -2.24. The summed E-state index contributed by atoms with van der Waals surface area (Å²) in [6, 6.07) is 14.7. The van der Waals surface area contributed by atoms with Crippen LogP contribution in [0, 0.1) is 12.8 Å². The molecule has 3 N–H and O–H groups in total. The lowest BCUT2D eigenvalue weighted by Crippen LogP contribution is -2.22. The summed E-state index contributed by atoms with van der Waals surface area (Å²) in [7, 11) is 0. The highest BCUT2D eigenvalue weighted by Gasteiger charge is 2.24. The number of hydrogen-bond acceptors (Lipinski definition) is 5. The molecule has 1 amide bonds. The van der Waals surface area contributed by atoms with Crippen LogP contribution in [0.5, 0.6) is 5.75 Å². The summed E-state index contributed by atoms with van der Waals surface area (Å²) in [6.07, 6.45) is -0.611. The predicted octanol–water partition coefficient (Wildman–Crippen LogP) is 3.67. The van der Waals surface area contributed by atoms with Gasteiger partial charge < -0.3 is 19.7 Å². The summed E-state index contributed by atoms with van der Waals surface area (Å²) in [4.78, 5) is 12.4. The number of benzene rings is 2. The third-order valence-electron chi connectivity index (χ3n) is 4.18. The molecule has 0 saturated carbocycles. The number of aliphatic hydroxyl groups is 2. The second-order valence-corrected chi connectivity index (χ2v) is 6.45. The van der Waals surface area contributed by atoms with Crippen LogP contribution in [-0.2, 0) is 4.74 Å². The van der Waals surface area contributed by atoms with Crippen LogP contribution >= 0.6 is 0 Å². The second-order valence-electron chi connectivity index (χ2n) is 6.45. The van der Waals surface area contributed by atoms with Crippen molar-refractivity contribution in [1.29, 1.82) is 0 Å². The van der Waals surface area contributed by atoms with Gasteiger partial charge in [-0.2, -0.15) is 0 Å². The zero-order chi connectivity index (χ0) is 19.6. The third kappa shape index (κ3) is 6.58. The summed E-state index contributed by atoms with van der Waals surface area (Å²) in [5.41, 5.74) is 2.52. The van der Waals surface area contributed by atoms with Crippen molar-refractivity contribution < 1.29 is 24.5 Å². The smallest absolute Gasteiger partial charge is 0.412 e. The molecule has 0 aliphatic heterocycles. The number of nitrogens with one attached hydrogen (secondary N) is 1. The van der Waals surface area contributed by atoms with Gasteiger partial charge in [-0.25, -0.2) is 4.79 Å². The highest BCUT2D eigenvalue weighted by Crippen LogP contribution is 2.31. The van der Waals surface area contributed by atoms with Gasteiger partial charge in [-0.1, -0.05) is 36.8 Å². The van der Waals surface area contributed by atoms with E-state index < -0.39 is 12.2 Å². The second kappa shape index (κ2) is 10.5. The molecule has 0 unspecified atom stereocenters. The van der Waals surface area contributed by atoms with Gasteiger partial charge >= 0.3 is 6.09 Å². The Kier molecular flexibility index (Phi) is 8.10. The van der Waals surface area contributed by atoms with Crippen LogP contribution in [-0.4, -0.2) is 36.1 Å². The first-order valence-corrected chi connectivity index (χ1v) is 9.02. The molecule has 0 spiro atoms. The Morgan fingerprint density at radius 3 is 2.52 bits per heavy atom. The first-order chi connectivity index (χ1) is 13.0. The number of aryl methyl sites for hydroxylation is 1. The van der Waals surface area contributed by atoms with Gasteiger partial charge in [0.05, 0.1) is 6.61 Å². The minimum Gasteiger partial charge on any atom is -0.491 e. The number of carbonyl (C=O) groups is 1. The largest absolute Gasteiger partial charge is 0.491 e. The van der Waals surface area contributed by atoms with E-state index in [0.717, 1.165) is 11.1 Å². The topological polar surface area (TPSA) is 88.0 Å². The lowest BCUT2D eigenvalue weighted by molar-refractivity contribution is 0.0665. The quantitative estimate of drug-likeness (QED) is 0.624. The normalized spacial score (nSPS) is 12.9. The number of ether oxygens (including phenoxy) is 2. The number of hydrogen-bond donors (Lipinski definition) is 3. The molecule has 0 heterocycles. The van der Waals surface area contributed by atoms with Crippen LogP contribution in [0.2, 0.25) is 0 Å². The van der Waals surface area contributed by atoms with Gasteiger partial charge in [0.15, 0.2) is 0 Å². The standard InChI is InChI=1S/C21H27NO5/c1-15-6-8-18(9-7-15)22-21(25)27-20(16(2)10-11-23)17-4-3-5-19(14-17)26-13-12-24/h3-9,14,16,20,23-24H,10-13H2,1-2H3,(H,22,25)/t16-,20-/m1/s1. The molecule has 0 aliphatic rings. The van der Waals surface area contributed by atoms with Crippen LogP contribution in [0.15, 0.2) is 48.5 Å². The molecule has 0 saturated heterocycles. The number of amides is 1. The van der Waals surface area contributed by atoms with E-state index in [1.54, 1.807) is 12.1 Å². The Balaban J connectivity index is 2.13. The minimum absolute atomic E-state index is 0.00130. The Hall–Kier alpha value is -2.57. The summed E-state index contributed by atoms with van der Waals surface area (Å²) in [5.74, 6) is 0.497. The monoisotopic (exact) mass is 373 g/mol. The fourth-order valence-electron chi connectivity index (χ4n) is 2.71. The maximum Gasteiger partial charge on any atom is 0.412 e. The van der Waals surface area contributed by atoms with Gasteiger partial charge in [0.2, 0.25) is 0 Å². The van der Waals surface area contributed by atoms with Crippen LogP contribution in [0.4, 0.5) is 10.5 Å². The van der Waals surface area contributed by atoms with Crippen LogP contribution < -0.4 is 10.1 Å². The summed E-state index contributed by atoms with van der Waals surface area (Å²) < 4.78 is 11.1. The fraction of sp³-hybridized carbons (Fsp3) is 0.381. The number of carbonyl (C=O) groups excluding carboxylic acids is 1. The molecule has 0 aliphatic carbocycles. The number of rotatable bonds is 9. The SMILES string of the molecule is Cc1ccc(NC(=O)O[C@@H](c2cccc(OCCO)c2)[C@H](C)CCO)cc1. The zero-order valence-electron chi connectivity index (χ0n) is 15.7. The van der Waals surface area contributed by atoms with Crippen molar-refractivity contribution in [2.45, 2.75) is 26.4 Å². The average Bonchev–Trinajstić information content (AvgIpc) is 2.66. The molecular weight excluding hydrogens is 346 g/mol. The molecule has 2 aromatic rings. The molecule has 6 nitrogen and oxygen atoms in total. The first kappa shape index (κ1) is 20.7. The van der Waals surface area contributed by atoms with Crippen molar-refractivity contribution in [2.24, 2.45) is 5.92 Å². The summed E-state index contributed by atoms with van der Waals surface area (Å²) in [5, 5.41) is 20.9. The predicted molar refractivity (Wildman–Crippen MR) is 104 cm³/mol. The summed E-state index contributed by atoms with van der Waals surface area (Å²) >= 11 is 0. The van der Waals surface area contributed by atoms with Gasteiger partial charge in [0.1, 0.15) is 18.5 Å². The first-order valence-electron chi connectivity index (χ1n) is 9.02. The molecule has 6 heteroatoms. The van der Waals surface area contributed by atoms with E-state index in [1.165, 1.54) is 0 Å². The molecule has 0 aromatic heterocycles. The van der Waals surface area contributed by atoms with Crippen molar-refractivity contribution in [3.05, 3.63) is 59.7 Å². The van der Waals surface area contributed by atoms with Crippen LogP contribution in [0.1, 0.15) is 30.6 Å². The van der Waals surface area contributed by atoms with Gasteiger partial charge in [-0.15, -0.1) is 0 Å². The number of anilines is 1. The highest BCUT2D eigenvalue weighted by molar-refractivity contribution is 5.84. The third-order valence-corrected chi connectivity index (χ3v) is 4.18. The molecular formula is C21H27NO5. The summed E-state index contributed by atoms with van der Waals surface area (Å²) in [6.45, 7) is 4.00. The Morgan fingerprint density at radius 1 is 1.11 bits per heavy atom. The lowest BCUT2D eigenvalue weighted by atomic mass is 9.94.